The minimum atomic E-state index is 0.287. The predicted molar refractivity (Wildman–Crippen MR) is 261 cm³/mol. The molecular weight excluding hydrogens is 749 g/mol. The molecule has 6 atom stereocenters. The lowest BCUT2D eigenvalue weighted by molar-refractivity contribution is 0.603. The predicted octanol–water partition coefficient (Wildman–Crippen LogP) is 14.9. The summed E-state index contributed by atoms with van der Waals surface area (Å²) in [6.45, 7) is 0. The van der Waals surface area contributed by atoms with Gasteiger partial charge in [0.2, 0.25) is 0 Å². The SMILES string of the molecule is C1=CCCC(c2cccc(N3c4cc(C5C=Cc6c7c(n(C8=CC=C(C9C=C(C%10C=CC=CC%10)C=C(C%10C=CC=CC%10)C9)CC8)c6C5)CCCC7)ccc4C4C=CC=CC43)c2)=C1. The summed E-state index contributed by atoms with van der Waals surface area (Å²) in [7, 11) is 0. The first kappa shape index (κ1) is 37.9. The van der Waals surface area contributed by atoms with Gasteiger partial charge in [0.15, 0.2) is 0 Å². The Hall–Kier alpha value is -5.86. The Morgan fingerprint density at radius 3 is 2.31 bits per heavy atom. The van der Waals surface area contributed by atoms with Crippen LogP contribution in [0.5, 0.6) is 0 Å². The third kappa shape index (κ3) is 6.78. The van der Waals surface area contributed by atoms with Crippen molar-refractivity contribution in [3.8, 4) is 0 Å². The zero-order valence-electron chi connectivity index (χ0n) is 36.0. The number of rotatable bonds is 7. The lowest BCUT2D eigenvalue weighted by atomic mass is 9.74. The van der Waals surface area contributed by atoms with E-state index in [1.54, 1.807) is 28.1 Å². The number of fused-ring (bicyclic) bond motifs is 6. The van der Waals surface area contributed by atoms with Crippen molar-refractivity contribution in [1.82, 2.24) is 4.57 Å². The van der Waals surface area contributed by atoms with Crippen molar-refractivity contribution in [2.75, 3.05) is 4.90 Å². The van der Waals surface area contributed by atoms with Crippen LogP contribution in [0.1, 0.15) is 109 Å². The van der Waals surface area contributed by atoms with Crippen molar-refractivity contribution in [2.24, 2.45) is 17.8 Å². The smallest absolute Gasteiger partial charge is 0.0629 e. The molecule has 0 saturated heterocycles. The first-order chi connectivity index (χ1) is 30.7. The number of aromatic nitrogens is 1. The Labute approximate surface area is 369 Å². The lowest BCUT2D eigenvalue weighted by Crippen LogP contribution is -2.28. The molecule has 0 N–H and O–H groups in total. The van der Waals surface area contributed by atoms with Gasteiger partial charge < -0.3 is 9.47 Å². The van der Waals surface area contributed by atoms with Gasteiger partial charge in [0.25, 0.3) is 0 Å². The molecule has 62 heavy (non-hydrogen) atoms. The Kier molecular flexibility index (Phi) is 9.84. The largest absolute Gasteiger partial charge is 0.333 e. The molecular formula is C60H58N2. The normalized spacial score (nSPS) is 27.8. The molecule has 9 aliphatic rings. The van der Waals surface area contributed by atoms with Crippen LogP contribution in [0, 0.1) is 17.8 Å². The van der Waals surface area contributed by atoms with Crippen molar-refractivity contribution >= 4 is 28.7 Å². The van der Waals surface area contributed by atoms with E-state index in [9.17, 15) is 0 Å². The van der Waals surface area contributed by atoms with Crippen molar-refractivity contribution in [3.63, 3.8) is 0 Å². The van der Waals surface area contributed by atoms with E-state index in [4.69, 9.17) is 0 Å². The van der Waals surface area contributed by atoms with E-state index in [0.29, 0.717) is 29.6 Å². The maximum atomic E-state index is 2.78. The summed E-state index contributed by atoms with van der Waals surface area (Å²) in [5.74, 6) is 2.17. The standard InChI is InChI=1S/C60H58N2/c1-4-15-41(16-5-1)45-21-14-22-52(38-45)62-58-26-13-11-24-54(58)56-34-30-47(40-60(56)62)46-29-33-55-53-23-10-12-25-57(53)61(59(55)39-46)51-31-27-44(28-32-51)50-36-48(42-17-6-2-7-18-42)35-49(37-50)43-19-8-3-9-20-43/h1-4,6-9,11,13-15,17,19,21-22,24,26-27,29-31,33-36,38,40,42-43,46,50,54,58H,5,10,12,16,18,20,23,25,28,32,37,39H2. The van der Waals surface area contributed by atoms with Gasteiger partial charge in [-0.05, 0) is 140 Å². The third-order valence-corrected chi connectivity index (χ3v) is 15.5. The second-order valence-corrected chi connectivity index (χ2v) is 19.1. The van der Waals surface area contributed by atoms with Crippen LogP contribution in [0.25, 0.3) is 17.3 Å². The quantitative estimate of drug-likeness (QED) is 0.231. The molecule has 2 aromatic carbocycles. The summed E-state index contributed by atoms with van der Waals surface area (Å²) >= 11 is 0. The van der Waals surface area contributed by atoms with E-state index in [0.717, 1.165) is 51.4 Å². The fraction of sp³-hybridized carbons (Fsp3) is 0.300. The van der Waals surface area contributed by atoms with Gasteiger partial charge in [-0.2, -0.15) is 0 Å². The fourth-order valence-corrected chi connectivity index (χ4v) is 12.3. The van der Waals surface area contributed by atoms with Crippen molar-refractivity contribution < 1.29 is 0 Å². The molecule has 2 heteroatoms. The molecule has 2 nitrogen and oxygen atoms in total. The molecule has 2 heterocycles. The van der Waals surface area contributed by atoms with Gasteiger partial charge in [-0.1, -0.05) is 157 Å². The third-order valence-electron chi connectivity index (χ3n) is 15.5. The first-order valence-electron chi connectivity index (χ1n) is 23.9. The number of hydrogen-bond donors (Lipinski definition) is 0. The van der Waals surface area contributed by atoms with Crippen LogP contribution in [0.4, 0.5) is 11.4 Å². The van der Waals surface area contributed by atoms with E-state index in [1.165, 1.54) is 76.2 Å². The highest BCUT2D eigenvalue weighted by Gasteiger charge is 2.39. The van der Waals surface area contributed by atoms with Gasteiger partial charge in [0.05, 0.1) is 6.04 Å². The minimum absolute atomic E-state index is 0.287. The van der Waals surface area contributed by atoms with Crippen LogP contribution >= 0.6 is 0 Å². The molecule has 8 aliphatic carbocycles. The van der Waals surface area contributed by atoms with Gasteiger partial charge in [0.1, 0.15) is 0 Å². The second-order valence-electron chi connectivity index (χ2n) is 19.1. The van der Waals surface area contributed by atoms with Crippen LogP contribution in [0.15, 0.2) is 181 Å². The van der Waals surface area contributed by atoms with Gasteiger partial charge >= 0.3 is 0 Å². The van der Waals surface area contributed by atoms with E-state index in [-0.39, 0.29) is 6.04 Å². The molecule has 0 bridgehead atoms. The zero-order valence-corrected chi connectivity index (χ0v) is 36.0. The molecule has 12 rings (SSSR count). The van der Waals surface area contributed by atoms with Crippen LogP contribution < -0.4 is 4.90 Å². The van der Waals surface area contributed by atoms with Crippen molar-refractivity contribution in [1.29, 1.82) is 0 Å². The number of benzene rings is 2. The maximum absolute atomic E-state index is 2.78. The summed E-state index contributed by atoms with van der Waals surface area (Å²) < 4.78 is 2.78. The summed E-state index contributed by atoms with van der Waals surface area (Å²) in [6.07, 6.45) is 63.8. The van der Waals surface area contributed by atoms with Crippen molar-refractivity contribution in [2.45, 2.75) is 94.9 Å². The van der Waals surface area contributed by atoms with Gasteiger partial charge in [-0.25, -0.2) is 0 Å². The van der Waals surface area contributed by atoms with Crippen LogP contribution in [0.3, 0.4) is 0 Å². The average molecular weight is 807 g/mol. The Bertz CT molecular complexity index is 2730. The summed E-state index contributed by atoms with van der Waals surface area (Å²) in [5.41, 5.74) is 20.9. The number of allylic oxidation sites excluding steroid dienone is 23. The Balaban J connectivity index is 0.865. The molecule has 0 amide bonds. The highest BCUT2D eigenvalue weighted by Crippen LogP contribution is 2.50. The van der Waals surface area contributed by atoms with E-state index in [2.05, 4.69) is 180 Å². The maximum Gasteiger partial charge on any atom is 0.0629 e. The molecule has 0 fully saturated rings. The molecule has 0 spiro atoms. The van der Waals surface area contributed by atoms with Crippen LogP contribution in [0.2, 0.25) is 0 Å². The van der Waals surface area contributed by atoms with Crippen molar-refractivity contribution in [3.05, 3.63) is 220 Å². The fourth-order valence-electron chi connectivity index (χ4n) is 12.3. The van der Waals surface area contributed by atoms with Gasteiger partial charge in [-0.15, -0.1) is 0 Å². The first-order valence-corrected chi connectivity index (χ1v) is 23.9. The number of anilines is 2. The van der Waals surface area contributed by atoms with E-state index < -0.39 is 0 Å². The topological polar surface area (TPSA) is 8.17 Å². The number of hydrogen-bond acceptors (Lipinski definition) is 1. The average Bonchev–Trinajstić information content (AvgIpc) is 3.87. The number of nitrogens with zero attached hydrogens (tertiary/aromatic N) is 2. The molecule has 6 unspecified atom stereocenters. The highest BCUT2D eigenvalue weighted by atomic mass is 15.2. The highest BCUT2D eigenvalue weighted by molar-refractivity contribution is 5.79. The molecule has 0 saturated carbocycles. The molecule has 308 valence electrons. The van der Waals surface area contributed by atoms with Gasteiger partial charge in [-0.3, -0.25) is 0 Å². The summed E-state index contributed by atoms with van der Waals surface area (Å²) in [6, 6.07) is 17.1. The summed E-state index contributed by atoms with van der Waals surface area (Å²) in [4.78, 5) is 2.64. The second kappa shape index (κ2) is 16.1. The van der Waals surface area contributed by atoms with E-state index >= 15 is 0 Å². The molecule has 1 aliphatic heterocycles. The lowest BCUT2D eigenvalue weighted by Gasteiger charge is -2.32. The molecule has 0 radical (unpaired) electrons. The Morgan fingerprint density at radius 2 is 1.47 bits per heavy atom. The molecule has 3 aromatic rings. The molecule has 1 aromatic heterocycles. The zero-order chi connectivity index (χ0) is 41.0. The Morgan fingerprint density at radius 1 is 0.597 bits per heavy atom. The van der Waals surface area contributed by atoms with E-state index in [1.807, 2.05) is 0 Å². The van der Waals surface area contributed by atoms with Gasteiger partial charge in [0, 0.05) is 58.0 Å². The van der Waals surface area contributed by atoms with Crippen LogP contribution in [-0.4, -0.2) is 10.6 Å². The summed E-state index contributed by atoms with van der Waals surface area (Å²) in [5, 5.41) is 0. The minimum Gasteiger partial charge on any atom is -0.333 e. The monoisotopic (exact) mass is 806 g/mol. The van der Waals surface area contributed by atoms with Crippen LogP contribution in [-0.2, 0) is 19.3 Å².